The summed E-state index contributed by atoms with van der Waals surface area (Å²) >= 11 is 0. The van der Waals surface area contributed by atoms with Gasteiger partial charge in [-0.3, -0.25) is 0 Å². The summed E-state index contributed by atoms with van der Waals surface area (Å²) in [5.74, 6) is -1.96. The molecular weight excluding hydrogens is 532 g/mol. The molecule has 0 radical (unpaired) electrons. The minimum absolute atomic E-state index is 0.139. The lowest BCUT2D eigenvalue weighted by Gasteiger charge is -2.36. The number of carboxylic acid groups (broad SMARTS) is 2. The van der Waals surface area contributed by atoms with Crippen LogP contribution in [0.4, 0.5) is 8.78 Å². The fourth-order valence-electron chi connectivity index (χ4n) is 5.11. The zero-order valence-corrected chi connectivity index (χ0v) is 23.4. The number of piperidine rings is 1. The molecule has 220 valence electrons. The fraction of sp³-hybridized carbons (Fsp3) is 0.375. The zero-order valence-electron chi connectivity index (χ0n) is 23.4. The summed E-state index contributed by atoms with van der Waals surface area (Å²) in [6.45, 7) is 5.78. The lowest BCUT2D eigenvalue weighted by atomic mass is 9.76. The number of ether oxygens (including phenoxy) is 2. The van der Waals surface area contributed by atoms with Crippen molar-refractivity contribution in [2.24, 2.45) is 5.92 Å². The molecule has 9 heteroatoms. The maximum Gasteiger partial charge on any atom is 0.414 e. The molecule has 1 saturated heterocycles. The molecule has 3 aromatic carbocycles. The average molecular weight is 570 g/mol. The van der Waals surface area contributed by atoms with Crippen molar-refractivity contribution in [1.82, 2.24) is 4.90 Å². The van der Waals surface area contributed by atoms with E-state index in [0.29, 0.717) is 12.5 Å². The topological polar surface area (TPSA) is 96.3 Å². The Hall–Kier alpha value is -3.98. The molecule has 0 spiro atoms. The Balaban J connectivity index is 0.000000696. The Bertz CT molecular complexity index is 1200. The summed E-state index contributed by atoms with van der Waals surface area (Å²) in [6.07, 6.45) is 4.01. The highest BCUT2D eigenvalue weighted by Gasteiger charge is 2.29. The summed E-state index contributed by atoms with van der Waals surface area (Å²) in [6, 6.07) is 19.7. The molecule has 1 aliphatic rings. The van der Waals surface area contributed by atoms with E-state index in [9.17, 15) is 8.78 Å². The third-order valence-corrected chi connectivity index (χ3v) is 7.26. The predicted octanol–water partition coefficient (Wildman–Crippen LogP) is 6.00. The van der Waals surface area contributed by atoms with Crippen LogP contribution < -0.4 is 9.47 Å². The van der Waals surface area contributed by atoms with Gasteiger partial charge >= 0.3 is 11.9 Å². The second-order valence-electron chi connectivity index (χ2n) is 9.91. The number of rotatable bonds is 10. The number of aryl methyl sites for hydroxylation is 1. The van der Waals surface area contributed by atoms with Crippen LogP contribution in [-0.2, 0) is 16.0 Å². The van der Waals surface area contributed by atoms with Crippen LogP contribution in [0.1, 0.15) is 48.8 Å². The lowest BCUT2D eigenvalue weighted by molar-refractivity contribution is -0.159. The molecule has 1 heterocycles. The number of hydrogen-bond donors (Lipinski definition) is 2. The molecule has 0 aromatic heterocycles. The van der Waals surface area contributed by atoms with Crippen molar-refractivity contribution in [3.8, 4) is 11.5 Å². The number of benzene rings is 3. The van der Waals surface area contributed by atoms with Gasteiger partial charge in [-0.25, -0.2) is 18.4 Å². The van der Waals surface area contributed by atoms with Crippen molar-refractivity contribution in [3.63, 3.8) is 0 Å². The van der Waals surface area contributed by atoms with Gasteiger partial charge in [0.25, 0.3) is 0 Å². The minimum atomic E-state index is -1.82. The van der Waals surface area contributed by atoms with E-state index in [1.54, 1.807) is 7.11 Å². The van der Waals surface area contributed by atoms with Gasteiger partial charge in [-0.05, 0) is 97.8 Å². The highest BCUT2D eigenvalue weighted by atomic mass is 19.1. The molecule has 0 aliphatic carbocycles. The van der Waals surface area contributed by atoms with Crippen LogP contribution in [0.15, 0.2) is 66.7 Å². The zero-order chi connectivity index (χ0) is 29.8. The van der Waals surface area contributed by atoms with Crippen molar-refractivity contribution in [3.05, 3.63) is 95.1 Å². The van der Waals surface area contributed by atoms with Crippen LogP contribution in [0.25, 0.3) is 0 Å². The predicted molar refractivity (Wildman–Crippen MR) is 152 cm³/mol. The van der Waals surface area contributed by atoms with E-state index < -0.39 is 11.9 Å². The van der Waals surface area contributed by atoms with Gasteiger partial charge in [-0.2, -0.15) is 0 Å². The van der Waals surface area contributed by atoms with Crippen molar-refractivity contribution in [1.29, 1.82) is 0 Å². The van der Waals surface area contributed by atoms with Crippen molar-refractivity contribution < 1.29 is 38.1 Å². The number of hydrogen-bond acceptors (Lipinski definition) is 5. The summed E-state index contributed by atoms with van der Waals surface area (Å²) in [5.41, 5.74) is 3.41. The van der Waals surface area contributed by atoms with E-state index in [1.165, 1.54) is 29.8 Å². The van der Waals surface area contributed by atoms with Gasteiger partial charge in [-0.1, -0.05) is 37.3 Å². The molecule has 1 fully saturated rings. The Labute approximate surface area is 239 Å². The first-order valence-corrected chi connectivity index (χ1v) is 13.7. The highest BCUT2D eigenvalue weighted by Crippen LogP contribution is 2.38. The monoisotopic (exact) mass is 569 g/mol. The third kappa shape index (κ3) is 9.56. The van der Waals surface area contributed by atoms with E-state index >= 15 is 0 Å². The van der Waals surface area contributed by atoms with Gasteiger partial charge in [0.05, 0.1) is 13.7 Å². The van der Waals surface area contributed by atoms with Gasteiger partial charge in [-0.15, -0.1) is 0 Å². The molecule has 0 atom stereocenters. The van der Waals surface area contributed by atoms with Crippen molar-refractivity contribution in [2.45, 2.75) is 38.5 Å². The van der Waals surface area contributed by atoms with Gasteiger partial charge in [0.15, 0.2) is 11.5 Å². The second kappa shape index (κ2) is 15.7. The first-order chi connectivity index (χ1) is 19.7. The molecule has 7 nitrogen and oxygen atoms in total. The fourth-order valence-corrected chi connectivity index (χ4v) is 5.11. The third-order valence-electron chi connectivity index (χ3n) is 7.26. The number of nitrogens with zero attached hydrogens (tertiary/aromatic N) is 1. The Morgan fingerprint density at radius 3 is 1.88 bits per heavy atom. The van der Waals surface area contributed by atoms with Crippen molar-refractivity contribution in [2.75, 3.05) is 33.4 Å². The summed E-state index contributed by atoms with van der Waals surface area (Å²) in [4.78, 5) is 20.7. The van der Waals surface area contributed by atoms with Crippen LogP contribution in [0, 0.1) is 17.6 Å². The van der Waals surface area contributed by atoms with E-state index in [0.717, 1.165) is 67.9 Å². The molecule has 41 heavy (non-hydrogen) atoms. The number of aliphatic carboxylic acids is 2. The Morgan fingerprint density at radius 1 is 0.878 bits per heavy atom. The van der Waals surface area contributed by atoms with Crippen LogP contribution in [0.2, 0.25) is 0 Å². The van der Waals surface area contributed by atoms with Crippen molar-refractivity contribution >= 4 is 11.9 Å². The summed E-state index contributed by atoms with van der Waals surface area (Å²) in [5, 5.41) is 14.8. The number of methoxy groups -OCH3 is 1. The van der Waals surface area contributed by atoms with E-state index in [-0.39, 0.29) is 17.6 Å². The first kappa shape index (κ1) is 31.5. The van der Waals surface area contributed by atoms with Gasteiger partial charge < -0.3 is 24.6 Å². The number of halogens is 2. The normalized spacial score (nSPS) is 13.8. The highest BCUT2D eigenvalue weighted by molar-refractivity contribution is 6.27. The molecule has 0 unspecified atom stereocenters. The number of carbonyl (C=O) groups is 2. The Kier molecular flexibility index (Phi) is 12.1. The first-order valence-electron chi connectivity index (χ1n) is 13.7. The second-order valence-corrected chi connectivity index (χ2v) is 9.91. The maximum atomic E-state index is 13.6. The molecule has 0 amide bonds. The lowest BCUT2D eigenvalue weighted by Crippen LogP contribution is -2.36. The van der Waals surface area contributed by atoms with Crippen LogP contribution in [-0.4, -0.2) is 60.4 Å². The molecule has 3 aromatic rings. The SMILES string of the molecule is CCc1ccc(OCCCN2CCC(C(c3ccc(F)cc3)c3ccc(F)cc3)CC2)c(OC)c1.O=C(O)C(=O)O. The number of carboxylic acids is 2. The summed E-state index contributed by atoms with van der Waals surface area (Å²) < 4.78 is 38.6. The smallest absolute Gasteiger partial charge is 0.414 e. The van der Waals surface area contributed by atoms with Crippen LogP contribution >= 0.6 is 0 Å². The largest absolute Gasteiger partial charge is 0.493 e. The summed E-state index contributed by atoms with van der Waals surface area (Å²) in [7, 11) is 1.68. The van der Waals surface area contributed by atoms with E-state index in [1.807, 2.05) is 36.4 Å². The molecule has 0 saturated carbocycles. The van der Waals surface area contributed by atoms with Gasteiger partial charge in [0, 0.05) is 12.5 Å². The quantitative estimate of drug-likeness (QED) is 0.228. The minimum Gasteiger partial charge on any atom is -0.493 e. The van der Waals surface area contributed by atoms with Gasteiger partial charge in [0.1, 0.15) is 11.6 Å². The van der Waals surface area contributed by atoms with E-state index in [2.05, 4.69) is 17.9 Å². The molecule has 1 aliphatic heterocycles. The van der Waals surface area contributed by atoms with E-state index in [4.69, 9.17) is 29.3 Å². The van der Waals surface area contributed by atoms with Crippen LogP contribution in [0.5, 0.6) is 11.5 Å². The van der Waals surface area contributed by atoms with Gasteiger partial charge in [0.2, 0.25) is 0 Å². The molecule has 0 bridgehead atoms. The molecular formula is C32H37F2NO6. The average Bonchev–Trinajstić information content (AvgIpc) is 2.98. The van der Waals surface area contributed by atoms with Crippen LogP contribution in [0.3, 0.4) is 0 Å². The number of likely N-dealkylation sites (tertiary alicyclic amines) is 1. The Morgan fingerprint density at radius 2 is 1.41 bits per heavy atom. The molecule has 4 rings (SSSR count). The molecule has 2 N–H and O–H groups in total. The maximum absolute atomic E-state index is 13.6. The standard InChI is InChI=1S/C30H35F2NO2.C2H2O4/c1-3-22-5-14-28(29(21-22)34-2)35-20-4-17-33-18-15-25(16-19-33)30(23-6-10-26(31)11-7-23)24-8-12-27(32)13-9-24;3-1(4)2(5)6/h5-14,21,25,30H,3-4,15-20H2,1-2H3;(H,3,4)(H,5,6).